The normalized spacial score (nSPS) is 41.7. The number of hydrogen-bond acceptors (Lipinski definition) is 3. The maximum atomic E-state index is 6.17. The molecule has 0 aliphatic heterocycles. The van der Waals surface area contributed by atoms with Crippen LogP contribution in [0.5, 0.6) is 0 Å². The monoisotopic (exact) mass is 260 g/mol. The quantitative estimate of drug-likeness (QED) is 0.905. The second kappa shape index (κ2) is 4.05. The van der Waals surface area contributed by atoms with Gasteiger partial charge in [-0.05, 0) is 61.7 Å². The molecule has 4 fully saturated rings. The van der Waals surface area contributed by atoms with E-state index in [4.69, 9.17) is 5.73 Å². The van der Waals surface area contributed by atoms with Crippen molar-refractivity contribution in [3.05, 3.63) is 12.2 Å². The lowest BCUT2D eigenvalue weighted by Gasteiger charge is -2.59. The zero-order chi connectivity index (χ0) is 13.0. The summed E-state index contributed by atoms with van der Waals surface area (Å²) < 4.78 is 1.94. The highest BCUT2D eigenvalue weighted by molar-refractivity contribution is 5.12. The van der Waals surface area contributed by atoms with Gasteiger partial charge in [0.1, 0.15) is 12.2 Å². The predicted octanol–water partition coefficient (Wildman–Crippen LogP) is 2.07. The van der Waals surface area contributed by atoms with E-state index >= 15 is 0 Å². The summed E-state index contributed by atoms with van der Waals surface area (Å²) in [6.07, 6.45) is 10.3. The first kappa shape index (κ1) is 11.9. The topological polar surface area (TPSA) is 56.7 Å². The molecule has 1 aromatic heterocycles. The molecule has 4 nitrogen and oxygen atoms in total. The van der Waals surface area contributed by atoms with Crippen LogP contribution in [0.2, 0.25) is 0 Å². The zero-order valence-electron chi connectivity index (χ0n) is 11.8. The van der Waals surface area contributed by atoms with E-state index < -0.39 is 0 Å². The fourth-order valence-corrected chi connectivity index (χ4v) is 5.85. The molecule has 0 radical (unpaired) electrons. The van der Waals surface area contributed by atoms with E-state index in [1.807, 2.05) is 11.7 Å². The van der Waals surface area contributed by atoms with Crippen LogP contribution >= 0.6 is 0 Å². The van der Waals surface area contributed by atoms with E-state index in [9.17, 15) is 0 Å². The molecule has 1 atom stereocenters. The van der Waals surface area contributed by atoms with Gasteiger partial charge in [0.05, 0.1) is 0 Å². The van der Waals surface area contributed by atoms with E-state index in [0.29, 0.717) is 11.3 Å². The molecule has 4 heteroatoms. The van der Waals surface area contributed by atoms with Gasteiger partial charge in [0, 0.05) is 19.5 Å². The molecule has 2 N–H and O–H groups in total. The Kier molecular flexibility index (Phi) is 2.53. The summed E-state index contributed by atoms with van der Waals surface area (Å²) in [4.78, 5) is 4.52. The Labute approximate surface area is 114 Å². The third kappa shape index (κ3) is 1.69. The Hall–Kier alpha value is -0.900. The first-order valence-electron chi connectivity index (χ1n) is 7.74. The van der Waals surface area contributed by atoms with Crippen molar-refractivity contribution < 1.29 is 0 Å². The number of rotatable bonds is 3. The van der Waals surface area contributed by atoms with Crippen molar-refractivity contribution in [2.45, 2.75) is 44.4 Å². The molecular formula is C15H24N4. The van der Waals surface area contributed by atoms with Crippen LogP contribution in [-0.4, -0.2) is 21.3 Å². The van der Waals surface area contributed by atoms with E-state index in [2.05, 4.69) is 10.1 Å². The minimum Gasteiger partial charge on any atom is -0.330 e. The Morgan fingerprint density at radius 2 is 1.84 bits per heavy atom. The fourth-order valence-electron chi connectivity index (χ4n) is 5.85. The zero-order valence-corrected chi connectivity index (χ0v) is 11.8. The molecule has 4 aliphatic rings. The van der Waals surface area contributed by atoms with Crippen molar-refractivity contribution in [1.82, 2.24) is 14.8 Å². The van der Waals surface area contributed by atoms with Gasteiger partial charge in [0.25, 0.3) is 0 Å². The molecular weight excluding hydrogens is 236 g/mol. The molecule has 0 aromatic carbocycles. The lowest BCUT2D eigenvalue weighted by Crippen LogP contribution is -2.50. The molecule has 1 unspecified atom stereocenters. The van der Waals surface area contributed by atoms with Crippen molar-refractivity contribution in [2.75, 3.05) is 6.54 Å². The van der Waals surface area contributed by atoms with Crippen molar-refractivity contribution in [1.29, 1.82) is 0 Å². The van der Waals surface area contributed by atoms with Crippen LogP contribution in [0.15, 0.2) is 6.33 Å². The van der Waals surface area contributed by atoms with Crippen LogP contribution in [0.4, 0.5) is 0 Å². The first-order chi connectivity index (χ1) is 9.20. The summed E-state index contributed by atoms with van der Waals surface area (Å²) in [5.74, 6) is 4.42. The van der Waals surface area contributed by atoms with E-state index in [-0.39, 0.29) is 0 Å². The summed E-state index contributed by atoms with van der Waals surface area (Å²) in [6, 6.07) is 0. The highest BCUT2D eigenvalue weighted by atomic mass is 15.3. The van der Waals surface area contributed by atoms with Gasteiger partial charge >= 0.3 is 0 Å². The summed E-state index contributed by atoms with van der Waals surface area (Å²) in [5.41, 5.74) is 6.61. The molecule has 1 aromatic rings. The van der Waals surface area contributed by atoms with Crippen LogP contribution in [0.25, 0.3) is 0 Å². The molecule has 4 saturated carbocycles. The minimum absolute atomic E-state index is 0.411. The third-order valence-corrected chi connectivity index (χ3v) is 6.12. The van der Waals surface area contributed by atoms with Gasteiger partial charge in [-0.1, -0.05) is 0 Å². The molecule has 0 spiro atoms. The van der Waals surface area contributed by atoms with Crippen molar-refractivity contribution >= 4 is 0 Å². The average Bonchev–Trinajstić information content (AvgIpc) is 2.74. The number of aryl methyl sites for hydroxylation is 1. The second-order valence-corrected chi connectivity index (χ2v) is 7.31. The molecule has 4 bridgehead atoms. The highest BCUT2D eigenvalue weighted by Gasteiger charge is 2.54. The van der Waals surface area contributed by atoms with Crippen molar-refractivity contribution in [3.8, 4) is 0 Å². The molecule has 4 aliphatic carbocycles. The molecule has 5 rings (SSSR count). The van der Waals surface area contributed by atoms with Crippen LogP contribution in [0, 0.1) is 23.2 Å². The Morgan fingerprint density at radius 1 is 1.26 bits per heavy atom. The Bertz CT molecular complexity index is 443. The van der Waals surface area contributed by atoms with Gasteiger partial charge in [0.15, 0.2) is 0 Å². The molecule has 19 heavy (non-hydrogen) atoms. The molecule has 104 valence electrons. The number of nitrogens with zero attached hydrogens (tertiary/aromatic N) is 3. The maximum Gasteiger partial charge on any atom is 0.138 e. The summed E-state index contributed by atoms with van der Waals surface area (Å²) in [5, 5.41) is 4.26. The van der Waals surface area contributed by atoms with Crippen LogP contribution in [-0.2, 0) is 7.05 Å². The van der Waals surface area contributed by atoms with Gasteiger partial charge in [0.2, 0.25) is 0 Å². The van der Waals surface area contributed by atoms with E-state index in [0.717, 1.165) is 30.1 Å². The summed E-state index contributed by atoms with van der Waals surface area (Å²) in [6.45, 7) is 0.721. The van der Waals surface area contributed by atoms with Gasteiger partial charge in [-0.2, -0.15) is 5.10 Å². The first-order valence-corrected chi connectivity index (χ1v) is 7.74. The predicted molar refractivity (Wildman–Crippen MR) is 73.4 cm³/mol. The molecule has 0 amide bonds. The van der Waals surface area contributed by atoms with Gasteiger partial charge in [-0.25, -0.2) is 4.98 Å². The third-order valence-electron chi connectivity index (χ3n) is 6.12. The van der Waals surface area contributed by atoms with Crippen LogP contribution in [0.1, 0.15) is 50.3 Å². The SMILES string of the molecule is Cn1ncnc1C(CN)C12CC3CC(CC(C3)C1)C2. The second-order valence-electron chi connectivity index (χ2n) is 7.31. The van der Waals surface area contributed by atoms with E-state index in [1.165, 1.54) is 38.5 Å². The lowest BCUT2D eigenvalue weighted by atomic mass is 9.46. The van der Waals surface area contributed by atoms with Crippen LogP contribution < -0.4 is 5.73 Å². The minimum atomic E-state index is 0.411. The standard InChI is InChI=1S/C15H24N4/c1-19-14(17-9-18-19)13(8-16)15-5-10-2-11(6-15)4-12(3-10)7-15/h9-13H,2-8,16H2,1H3. The molecule has 0 saturated heterocycles. The van der Waals surface area contributed by atoms with Gasteiger partial charge < -0.3 is 5.73 Å². The van der Waals surface area contributed by atoms with Crippen LogP contribution in [0.3, 0.4) is 0 Å². The number of aromatic nitrogens is 3. The largest absolute Gasteiger partial charge is 0.330 e. The smallest absolute Gasteiger partial charge is 0.138 e. The average molecular weight is 260 g/mol. The number of nitrogens with two attached hydrogens (primary N) is 1. The number of hydrogen-bond donors (Lipinski definition) is 1. The Balaban J connectivity index is 1.72. The summed E-state index contributed by atoms with van der Waals surface area (Å²) in [7, 11) is 2.01. The Morgan fingerprint density at radius 3 is 2.26 bits per heavy atom. The van der Waals surface area contributed by atoms with Gasteiger partial charge in [-0.15, -0.1) is 0 Å². The summed E-state index contributed by atoms with van der Waals surface area (Å²) >= 11 is 0. The van der Waals surface area contributed by atoms with Gasteiger partial charge in [-0.3, -0.25) is 4.68 Å². The molecule has 1 heterocycles. The van der Waals surface area contributed by atoms with Crippen molar-refractivity contribution in [2.24, 2.45) is 36.0 Å². The maximum absolute atomic E-state index is 6.17. The van der Waals surface area contributed by atoms with Crippen molar-refractivity contribution in [3.63, 3.8) is 0 Å². The fraction of sp³-hybridized carbons (Fsp3) is 0.867. The highest BCUT2D eigenvalue weighted by Crippen LogP contribution is 2.64. The lowest BCUT2D eigenvalue weighted by molar-refractivity contribution is -0.0690. The van der Waals surface area contributed by atoms with E-state index in [1.54, 1.807) is 6.33 Å².